The van der Waals surface area contributed by atoms with Gasteiger partial charge in [0.15, 0.2) is 0 Å². The van der Waals surface area contributed by atoms with E-state index in [1.165, 1.54) is 6.42 Å². The number of piperidine rings is 1. The van der Waals surface area contributed by atoms with Crippen LogP contribution in [0.4, 0.5) is 0 Å². The molecule has 2 heterocycles. The maximum atomic E-state index is 12.7. The quantitative estimate of drug-likeness (QED) is 0.934. The Labute approximate surface area is 141 Å². The Kier molecular flexibility index (Phi) is 5.13. The van der Waals surface area contributed by atoms with Crippen LogP contribution in [0.5, 0.6) is 0 Å². The number of halogens is 1. The van der Waals surface area contributed by atoms with E-state index in [1.807, 2.05) is 36.2 Å². The van der Waals surface area contributed by atoms with Crippen LogP contribution < -0.4 is 5.32 Å². The maximum absolute atomic E-state index is 12.7. The van der Waals surface area contributed by atoms with E-state index in [4.69, 9.17) is 11.6 Å². The van der Waals surface area contributed by atoms with Crippen molar-refractivity contribution in [3.63, 3.8) is 0 Å². The van der Waals surface area contributed by atoms with Gasteiger partial charge >= 0.3 is 0 Å². The molecule has 0 atom stereocenters. The zero-order chi connectivity index (χ0) is 16.2. The smallest absolute Gasteiger partial charge is 0.272 e. The number of rotatable bonds is 4. The molecular weight excluding hydrogens is 310 g/mol. The van der Waals surface area contributed by atoms with Gasteiger partial charge in [0.05, 0.1) is 5.52 Å². The van der Waals surface area contributed by atoms with Gasteiger partial charge in [-0.1, -0.05) is 23.7 Å². The first kappa shape index (κ1) is 16.2. The minimum atomic E-state index is 0.0268. The van der Waals surface area contributed by atoms with Crippen molar-refractivity contribution in [1.82, 2.24) is 15.2 Å². The Morgan fingerprint density at radius 3 is 2.78 bits per heavy atom. The van der Waals surface area contributed by atoms with Crippen molar-refractivity contribution in [3.8, 4) is 0 Å². The number of carbonyl (C=O) groups excluding carboxylic acids is 1. The van der Waals surface area contributed by atoms with Gasteiger partial charge < -0.3 is 10.2 Å². The Morgan fingerprint density at radius 2 is 2.04 bits per heavy atom. The number of benzene rings is 1. The van der Waals surface area contributed by atoms with Gasteiger partial charge in [-0.2, -0.15) is 0 Å². The number of nitrogens with zero attached hydrogens (tertiary/aromatic N) is 2. The first-order valence-electron chi connectivity index (χ1n) is 8.17. The van der Waals surface area contributed by atoms with Gasteiger partial charge in [-0.25, -0.2) is 4.98 Å². The zero-order valence-corrected chi connectivity index (χ0v) is 14.1. The summed E-state index contributed by atoms with van der Waals surface area (Å²) in [5.41, 5.74) is 1.28. The molecule has 0 bridgehead atoms. The van der Waals surface area contributed by atoms with Gasteiger partial charge in [0.1, 0.15) is 5.69 Å². The molecule has 4 nitrogen and oxygen atoms in total. The molecule has 23 heavy (non-hydrogen) atoms. The third kappa shape index (κ3) is 3.82. The number of aromatic nitrogens is 1. The largest absolute Gasteiger partial charge is 0.337 e. The first-order valence-corrected chi connectivity index (χ1v) is 8.55. The standard InChI is InChI=1S/C18H22ClN3O/c1-20-9-6-13-7-10-22(11-8-13)18(23)16-5-3-14-2-4-15(19)12-17(14)21-16/h2-5,12-13,20H,6-11H2,1H3. The van der Waals surface area contributed by atoms with E-state index in [0.717, 1.165) is 49.3 Å². The third-order valence-electron chi connectivity index (χ3n) is 4.58. The summed E-state index contributed by atoms with van der Waals surface area (Å²) in [6, 6.07) is 9.31. The summed E-state index contributed by atoms with van der Waals surface area (Å²) < 4.78 is 0. The molecule has 0 radical (unpaired) electrons. The lowest BCUT2D eigenvalue weighted by atomic mass is 9.93. The number of carbonyl (C=O) groups is 1. The predicted molar refractivity (Wildman–Crippen MR) is 93.9 cm³/mol. The number of amides is 1. The lowest BCUT2D eigenvalue weighted by Gasteiger charge is -2.31. The lowest BCUT2D eigenvalue weighted by Crippen LogP contribution is -2.39. The summed E-state index contributed by atoms with van der Waals surface area (Å²) in [5, 5.41) is 4.83. The number of hydrogen-bond acceptors (Lipinski definition) is 3. The topological polar surface area (TPSA) is 45.2 Å². The molecule has 3 rings (SSSR count). The highest BCUT2D eigenvalue weighted by molar-refractivity contribution is 6.31. The van der Waals surface area contributed by atoms with E-state index in [1.54, 1.807) is 6.07 Å². The van der Waals surface area contributed by atoms with Crippen LogP contribution in [0.3, 0.4) is 0 Å². The van der Waals surface area contributed by atoms with Crippen LogP contribution in [-0.4, -0.2) is 42.5 Å². The highest BCUT2D eigenvalue weighted by atomic mass is 35.5. The van der Waals surface area contributed by atoms with Crippen molar-refractivity contribution in [1.29, 1.82) is 0 Å². The number of pyridine rings is 1. The molecule has 1 saturated heterocycles. The van der Waals surface area contributed by atoms with Crippen LogP contribution >= 0.6 is 11.6 Å². The van der Waals surface area contributed by atoms with E-state index < -0.39 is 0 Å². The van der Waals surface area contributed by atoms with Crippen molar-refractivity contribution in [2.24, 2.45) is 5.92 Å². The average molecular weight is 332 g/mol. The molecule has 0 aliphatic carbocycles. The summed E-state index contributed by atoms with van der Waals surface area (Å²) >= 11 is 6.02. The molecule has 0 unspecified atom stereocenters. The molecule has 1 fully saturated rings. The van der Waals surface area contributed by atoms with Gasteiger partial charge in [-0.3, -0.25) is 4.79 Å². The van der Waals surface area contributed by atoms with Crippen molar-refractivity contribution in [2.45, 2.75) is 19.3 Å². The molecule has 0 spiro atoms. The number of likely N-dealkylation sites (tertiary alicyclic amines) is 1. The fourth-order valence-corrected chi connectivity index (χ4v) is 3.31. The van der Waals surface area contributed by atoms with E-state index in [0.29, 0.717) is 10.7 Å². The van der Waals surface area contributed by atoms with Gasteiger partial charge in [-0.15, -0.1) is 0 Å². The molecule has 1 aliphatic rings. The van der Waals surface area contributed by atoms with Gasteiger partial charge in [0, 0.05) is 23.5 Å². The van der Waals surface area contributed by atoms with Crippen molar-refractivity contribution in [3.05, 3.63) is 41.0 Å². The summed E-state index contributed by atoms with van der Waals surface area (Å²) in [6.07, 6.45) is 3.34. The van der Waals surface area contributed by atoms with Crippen LogP contribution in [0.2, 0.25) is 5.02 Å². The number of hydrogen-bond donors (Lipinski definition) is 1. The SMILES string of the molecule is CNCCC1CCN(C(=O)c2ccc3ccc(Cl)cc3n2)CC1. The Morgan fingerprint density at radius 1 is 1.30 bits per heavy atom. The molecule has 1 aromatic carbocycles. The Bertz CT molecular complexity index is 696. The second kappa shape index (κ2) is 7.28. The summed E-state index contributed by atoms with van der Waals surface area (Å²) in [4.78, 5) is 19.1. The summed E-state index contributed by atoms with van der Waals surface area (Å²) in [6.45, 7) is 2.69. The molecule has 1 aromatic heterocycles. The molecule has 1 aliphatic heterocycles. The lowest BCUT2D eigenvalue weighted by molar-refractivity contribution is 0.0681. The van der Waals surface area contributed by atoms with Crippen molar-refractivity contribution < 1.29 is 4.79 Å². The fraction of sp³-hybridized carbons (Fsp3) is 0.444. The Balaban J connectivity index is 1.69. The fourth-order valence-electron chi connectivity index (χ4n) is 3.14. The molecule has 0 saturated carbocycles. The Hall–Kier alpha value is -1.65. The third-order valence-corrected chi connectivity index (χ3v) is 4.81. The van der Waals surface area contributed by atoms with Crippen LogP contribution in [0.1, 0.15) is 29.8 Å². The van der Waals surface area contributed by atoms with Gasteiger partial charge in [-0.05, 0) is 57.0 Å². The van der Waals surface area contributed by atoms with Gasteiger partial charge in [0.2, 0.25) is 0 Å². The molecule has 122 valence electrons. The van der Waals surface area contributed by atoms with E-state index >= 15 is 0 Å². The first-order chi connectivity index (χ1) is 11.2. The predicted octanol–water partition coefficient (Wildman–Crippen LogP) is 3.35. The van der Waals surface area contributed by atoms with E-state index in [-0.39, 0.29) is 5.91 Å². The molecular formula is C18H22ClN3O. The van der Waals surface area contributed by atoms with Crippen LogP contribution in [0.25, 0.3) is 10.9 Å². The van der Waals surface area contributed by atoms with Crippen molar-refractivity contribution in [2.75, 3.05) is 26.7 Å². The molecule has 5 heteroatoms. The monoisotopic (exact) mass is 331 g/mol. The highest BCUT2D eigenvalue weighted by Gasteiger charge is 2.24. The number of nitrogens with one attached hydrogen (secondary N) is 1. The minimum absolute atomic E-state index is 0.0268. The maximum Gasteiger partial charge on any atom is 0.272 e. The number of fused-ring (bicyclic) bond motifs is 1. The van der Waals surface area contributed by atoms with Crippen molar-refractivity contribution >= 4 is 28.4 Å². The normalized spacial score (nSPS) is 16.0. The summed E-state index contributed by atoms with van der Waals surface area (Å²) in [5.74, 6) is 0.744. The van der Waals surface area contributed by atoms with E-state index in [9.17, 15) is 4.79 Å². The second-order valence-electron chi connectivity index (χ2n) is 6.16. The highest BCUT2D eigenvalue weighted by Crippen LogP contribution is 2.22. The zero-order valence-electron chi connectivity index (χ0n) is 13.4. The molecule has 1 amide bonds. The van der Waals surface area contributed by atoms with Crippen LogP contribution in [0.15, 0.2) is 30.3 Å². The molecule has 1 N–H and O–H groups in total. The summed E-state index contributed by atoms with van der Waals surface area (Å²) in [7, 11) is 1.98. The average Bonchev–Trinajstić information content (AvgIpc) is 2.59. The van der Waals surface area contributed by atoms with Crippen LogP contribution in [-0.2, 0) is 0 Å². The molecule has 2 aromatic rings. The van der Waals surface area contributed by atoms with E-state index in [2.05, 4.69) is 10.3 Å². The second-order valence-corrected chi connectivity index (χ2v) is 6.60. The van der Waals surface area contributed by atoms with Crippen LogP contribution in [0, 0.1) is 5.92 Å². The minimum Gasteiger partial charge on any atom is -0.337 e. The van der Waals surface area contributed by atoms with Gasteiger partial charge in [0.25, 0.3) is 5.91 Å².